The fraction of sp³-hybridized carbons (Fsp3) is 0.182. The molecule has 2 heterocycles. The molecule has 7 nitrogen and oxygen atoms in total. The number of pyridine rings is 1. The first kappa shape index (κ1) is 19.5. The molecule has 154 valence electrons. The van der Waals surface area contributed by atoms with E-state index in [2.05, 4.69) is 15.3 Å². The van der Waals surface area contributed by atoms with Gasteiger partial charge in [0.25, 0.3) is 0 Å². The monoisotopic (exact) mass is 408 g/mol. The van der Waals surface area contributed by atoms with Crippen LogP contribution in [0.3, 0.4) is 0 Å². The highest BCUT2D eigenvalue weighted by Gasteiger charge is 2.11. The van der Waals surface area contributed by atoms with Gasteiger partial charge in [-0.3, -0.25) is 0 Å². The summed E-state index contributed by atoms with van der Waals surface area (Å²) in [5, 5.41) is 3.05. The maximum atomic E-state index is 12.9. The van der Waals surface area contributed by atoms with Gasteiger partial charge >= 0.3 is 0 Å². The number of halogens is 1. The van der Waals surface area contributed by atoms with Crippen molar-refractivity contribution in [2.24, 2.45) is 10.7 Å². The molecular formula is C22H21FN4O3. The standard InChI is InChI=1S/C22H21FN4O3/c23-16-3-6-18(7-4-16)30-21-9-2-15(13-25-21)14-26-22(24)27-17-5-8-19-20(12-17)29-11-1-10-28-19/h2-9,12-13H,1,10-11,14H2,(H3,24,26,27). The largest absolute Gasteiger partial charge is 0.490 e. The Morgan fingerprint density at radius 3 is 2.63 bits per heavy atom. The number of guanidine groups is 1. The van der Waals surface area contributed by atoms with Gasteiger partial charge in [0.05, 0.1) is 19.8 Å². The van der Waals surface area contributed by atoms with Crippen LogP contribution < -0.4 is 25.3 Å². The summed E-state index contributed by atoms with van der Waals surface area (Å²) in [6.07, 6.45) is 2.51. The first-order valence-corrected chi connectivity index (χ1v) is 9.51. The number of nitrogens with two attached hydrogens (primary N) is 1. The number of fused-ring (bicyclic) bond motifs is 1. The van der Waals surface area contributed by atoms with Gasteiger partial charge in [-0.05, 0) is 42.0 Å². The summed E-state index contributed by atoms with van der Waals surface area (Å²) in [6, 6.07) is 14.9. The molecular weight excluding hydrogens is 387 g/mol. The minimum Gasteiger partial charge on any atom is -0.490 e. The van der Waals surface area contributed by atoms with Crippen molar-refractivity contribution in [3.8, 4) is 23.1 Å². The Kier molecular flexibility index (Phi) is 5.93. The quantitative estimate of drug-likeness (QED) is 0.488. The van der Waals surface area contributed by atoms with E-state index < -0.39 is 0 Å². The van der Waals surface area contributed by atoms with E-state index in [1.54, 1.807) is 24.4 Å². The molecule has 0 amide bonds. The zero-order valence-electron chi connectivity index (χ0n) is 16.2. The number of ether oxygens (including phenoxy) is 3. The fourth-order valence-electron chi connectivity index (χ4n) is 2.79. The second kappa shape index (κ2) is 9.13. The Morgan fingerprint density at radius 2 is 1.87 bits per heavy atom. The van der Waals surface area contributed by atoms with Crippen molar-refractivity contribution in [1.82, 2.24) is 4.98 Å². The van der Waals surface area contributed by atoms with Crippen LogP contribution in [-0.4, -0.2) is 24.2 Å². The zero-order valence-corrected chi connectivity index (χ0v) is 16.2. The van der Waals surface area contributed by atoms with Crippen molar-refractivity contribution < 1.29 is 18.6 Å². The normalized spacial score (nSPS) is 13.4. The number of aromatic nitrogens is 1. The number of rotatable bonds is 5. The number of hydrogen-bond donors (Lipinski definition) is 2. The minimum absolute atomic E-state index is 0.274. The van der Waals surface area contributed by atoms with E-state index in [4.69, 9.17) is 19.9 Å². The van der Waals surface area contributed by atoms with Crippen LogP contribution in [0.4, 0.5) is 10.1 Å². The van der Waals surface area contributed by atoms with E-state index in [0.29, 0.717) is 37.1 Å². The summed E-state index contributed by atoms with van der Waals surface area (Å²) in [5.41, 5.74) is 7.63. The van der Waals surface area contributed by atoms with E-state index in [9.17, 15) is 4.39 Å². The lowest BCUT2D eigenvalue weighted by atomic mass is 10.2. The van der Waals surface area contributed by atoms with E-state index >= 15 is 0 Å². The molecule has 0 saturated carbocycles. The van der Waals surface area contributed by atoms with Crippen LogP contribution in [0.2, 0.25) is 0 Å². The van der Waals surface area contributed by atoms with Crippen LogP contribution in [0, 0.1) is 5.82 Å². The summed E-state index contributed by atoms with van der Waals surface area (Å²) in [4.78, 5) is 8.57. The molecule has 3 N–H and O–H groups in total. The number of anilines is 1. The van der Waals surface area contributed by atoms with Crippen molar-refractivity contribution in [2.45, 2.75) is 13.0 Å². The second-order valence-corrected chi connectivity index (χ2v) is 6.60. The molecule has 30 heavy (non-hydrogen) atoms. The van der Waals surface area contributed by atoms with Gasteiger partial charge < -0.3 is 25.3 Å². The highest BCUT2D eigenvalue weighted by atomic mass is 19.1. The number of nitrogens with one attached hydrogen (secondary N) is 1. The van der Waals surface area contributed by atoms with E-state index in [1.807, 2.05) is 24.3 Å². The fourth-order valence-corrected chi connectivity index (χ4v) is 2.79. The van der Waals surface area contributed by atoms with Crippen molar-refractivity contribution in [2.75, 3.05) is 18.5 Å². The predicted octanol–water partition coefficient (Wildman–Crippen LogP) is 4.10. The Morgan fingerprint density at radius 1 is 1.07 bits per heavy atom. The summed E-state index contributed by atoms with van der Waals surface area (Å²) in [5.74, 6) is 2.29. The van der Waals surface area contributed by atoms with Gasteiger partial charge in [0, 0.05) is 30.4 Å². The van der Waals surface area contributed by atoms with Crippen molar-refractivity contribution in [3.63, 3.8) is 0 Å². The molecule has 0 atom stereocenters. The molecule has 0 bridgehead atoms. The topological polar surface area (TPSA) is 91.0 Å². The molecule has 1 aliphatic heterocycles. The predicted molar refractivity (Wildman–Crippen MR) is 112 cm³/mol. The molecule has 8 heteroatoms. The van der Waals surface area contributed by atoms with Gasteiger partial charge in [-0.25, -0.2) is 14.4 Å². The Labute approximate surface area is 173 Å². The molecule has 0 spiro atoms. The van der Waals surface area contributed by atoms with Crippen LogP contribution in [-0.2, 0) is 6.54 Å². The van der Waals surface area contributed by atoms with Gasteiger partial charge in [-0.2, -0.15) is 0 Å². The molecule has 0 radical (unpaired) electrons. The number of benzene rings is 2. The molecule has 0 unspecified atom stereocenters. The second-order valence-electron chi connectivity index (χ2n) is 6.60. The molecule has 0 aliphatic carbocycles. The summed E-state index contributed by atoms with van der Waals surface area (Å²) >= 11 is 0. The first-order valence-electron chi connectivity index (χ1n) is 9.51. The van der Waals surface area contributed by atoms with Crippen molar-refractivity contribution in [1.29, 1.82) is 0 Å². The Bertz CT molecular complexity index is 1020. The van der Waals surface area contributed by atoms with E-state index in [0.717, 1.165) is 23.4 Å². The van der Waals surface area contributed by atoms with Crippen LogP contribution in [0.15, 0.2) is 65.8 Å². The SMILES string of the molecule is NC(=NCc1ccc(Oc2ccc(F)cc2)nc1)Nc1ccc2c(c1)OCCCO2. The van der Waals surface area contributed by atoms with Gasteiger partial charge in [0.2, 0.25) is 5.88 Å². The number of hydrogen-bond acceptors (Lipinski definition) is 5. The molecule has 1 aliphatic rings. The highest BCUT2D eigenvalue weighted by molar-refractivity contribution is 5.92. The maximum Gasteiger partial charge on any atom is 0.219 e. The molecule has 3 aromatic rings. The Hall–Kier alpha value is -3.81. The van der Waals surface area contributed by atoms with Gasteiger partial charge in [0.1, 0.15) is 11.6 Å². The van der Waals surface area contributed by atoms with Crippen LogP contribution in [0.5, 0.6) is 23.1 Å². The van der Waals surface area contributed by atoms with Gasteiger partial charge in [0.15, 0.2) is 17.5 Å². The number of aliphatic imine (C=N–C) groups is 1. The molecule has 2 aromatic carbocycles. The lowest BCUT2D eigenvalue weighted by Crippen LogP contribution is -2.22. The third-order valence-electron chi connectivity index (χ3n) is 4.29. The molecule has 0 fully saturated rings. The minimum atomic E-state index is -0.318. The van der Waals surface area contributed by atoms with E-state index in [-0.39, 0.29) is 11.8 Å². The third-order valence-corrected chi connectivity index (χ3v) is 4.29. The van der Waals surface area contributed by atoms with E-state index in [1.165, 1.54) is 12.1 Å². The molecule has 1 aromatic heterocycles. The first-order chi connectivity index (χ1) is 14.7. The van der Waals surface area contributed by atoms with Crippen molar-refractivity contribution in [3.05, 3.63) is 72.2 Å². The lowest BCUT2D eigenvalue weighted by molar-refractivity contribution is 0.297. The summed E-state index contributed by atoms with van der Waals surface area (Å²) in [7, 11) is 0. The summed E-state index contributed by atoms with van der Waals surface area (Å²) < 4.78 is 29.8. The maximum absolute atomic E-state index is 12.9. The number of nitrogens with zero attached hydrogens (tertiary/aromatic N) is 2. The average Bonchev–Trinajstić information content (AvgIpc) is 3.00. The summed E-state index contributed by atoms with van der Waals surface area (Å²) in [6.45, 7) is 1.62. The van der Waals surface area contributed by atoms with Crippen molar-refractivity contribution >= 4 is 11.6 Å². The zero-order chi connectivity index (χ0) is 20.8. The average molecular weight is 408 g/mol. The third kappa shape index (κ3) is 5.16. The van der Waals surface area contributed by atoms with Gasteiger partial charge in [-0.15, -0.1) is 0 Å². The van der Waals surface area contributed by atoms with Gasteiger partial charge in [-0.1, -0.05) is 6.07 Å². The lowest BCUT2D eigenvalue weighted by Gasteiger charge is -2.10. The van der Waals surface area contributed by atoms with Crippen LogP contribution in [0.25, 0.3) is 0 Å². The molecule has 4 rings (SSSR count). The Balaban J connectivity index is 1.34. The highest BCUT2D eigenvalue weighted by Crippen LogP contribution is 2.32. The van der Waals surface area contributed by atoms with Crippen LogP contribution in [0.1, 0.15) is 12.0 Å². The van der Waals surface area contributed by atoms with Crippen LogP contribution >= 0.6 is 0 Å². The molecule has 0 saturated heterocycles. The smallest absolute Gasteiger partial charge is 0.219 e.